The number of nitrogens with zero attached hydrogens (tertiary/aromatic N) is 3. The Kier molecular flexibility index (Phi) is 8.06. The van der Waals surface area contributed by atoms with Crippen molar-refractivity contribution in [2.75, 3.05) is 31.1 Å². The molecule has 0 aliphatic rings. The Bertz CT molecular complexity index is 1310. The van der Waals surface area contributed by atoms with Crippen LogP contribution >= 0.6 is 0 Å². The van der Waals surface area contributed by atoms with Crippen molar-refractivity contribution in [2.45, 2.75) is 39.1 Å². The van der Waals surface area contributed by atoms with Crippen LogP contribution in [0.1, 0.15) is 43.6 Å². The van der Waals surface area contributed by atoms with Gasteiger partial charge in [-0.15, -0.1) is 0 Å². The van der Waals surface area contributed by atoms with Crippen molar-refractivity contribution >= 4 is 32.7 Å². The first-order valence-electron chi connectivity index (χ1n) is 11.4. The van der Waals surface area contributed by atoms with E-state index < -0.39 is 21.5 Å². The van der Waals surface area contributed by atoms with E-state index in [2.05, 4.69) is 34.0 Å². The van der Waals surface area contributed by atoms with E-state index in [4.69, 9.17) is 0 Å². The molecule has 3 aromatic rings. The van der Waals surface area contributed by atoms with Gasteiger partial charge in [0.15, 0.2) is 0 Å². The number of carbonyl (C=O) groups excluding carboxylic acids is 1. The third-order valence-corrected chi connectivity index (χ3v) is 7.80. The molecule has 2 N–H and O–H groups in total. The zero-order valence-electron chi connectivity index (χ0n) is 20.0. The number of aromatic amines is 1. The Hall–Kier alpha value is -3.24. The van der Waals surface area contributed by atoms with Gasteiger partial charge in [0.25, 0.3) is 5.91 Å². The zero-order valence-corrected chi connectivity index (χ0v) is 20.8. The van der Waals surface area contributed by atoms with Crippen LogP contribution in [0.5, 0.6) is 0 Å². The minimum atomic E-state index is -3.72. The van der Waals surface area contributed by atoms with Gasteiger partial charge >= 0.3 is 0 Å². The lowest BCUT2D eigenvalue weighted by molar-refractivity contribution is 0.0952. The maximum atomic E-state index is 13.0. The number of aromatic nitrogens is 2. The summed E-state index contributed by atoms with van der Waals surface area (Å²) in [5.74, 6) is 0.393. The molecule has 0 fully saturated rings. The Morgan fingerprint density at radius 3 is 2.29 bits per heavy atom. The van der Waals surface area contributed by atoms with Crippen LogP contribution in [-0.4, -0.2) is 54.8 Å². The fourth-order valence-corrected chi connectivity index (χ4v) is 5.31. The highest BCUT2D eigenvalue weighted by molar-refractivity contribution is 7.89. The predicted molar refractivity (Wildman–Crippen MR) is 134 cm³/mol. The van der Waals surface area contributed by atoms with Crippen molar-refractivity contribution in [1.82, 2.24) is 19.6 Å². The molecule has 0 aliphatic heterocycles. The van der Waals surface area contributed by atoms with E-state index in [0.29, 0.717) is 24.0 Å². The van der Waals surface area contributed by atoms with E-state index in [0.717, 1.165) is 24.5 Å². The Morgan fingerprint density at radius 2 is 1.71 bits per heavy atom. The number of sulfonamides is 1. The normalized spacial score (nSPS) is 11.7. The van der Waals surface area contributed by atoms with Gasteiger partial charge in [0.05, 0.1) is 10.5 Å². The topological polar surface area (TPSA) is 115 Å². The maximum Gasteiger partial charge on any atom is 0.252 e. The van der Waals surface area contributed by atoms with Crippen molar-refractivity contribution in [3.05, 3.63) is 64.1 Å². The second kappa shape index (κ2) is 10.8. The SMILES string of the molecule is CCN(CC)c1ccc(CNC(=O)c2cc(=O)[nH]c3ccc(S(=O)(=O)N(CC)CC)cc23)cn1. The van der Waals surface area contributed by atoms with E-state index >= 15 is 0 Å². The standard InChI is InChI=1S/C24H31N5O4S/c1-5-28(6-2)22-12-9-17(15-25-22)16-26-24(31)20-14-23(30)27-21-11-10-18(13-19(20)21)34(32,33)29(7-3)8-4/h9-15H,5-8,16H2,1-4H3,(H,26,31)(H,27,30). The largest absolute Gasteiger partial charge is 0.357 e. The number of fused-ring (bicyclic) bond motifs is 1. The average molecular weight is 486 g/mol. The van der Waals surface area contributed by atoms with Gasteiger partial charge < -0.3 is 15.2 Å². The molecule has 0 aliphatic carbocycles. The highest BCUT2D eigenvalue weighted by Gasteiger charge is 2.23. The first kappa shape index (κ1) is 25.4. The number of carbonyl (C=O) groups is 1. The molecule has 3 rings (SSSR count). The summed E-state index contributed by atoms with van der Waals surface area (Å²) >= 11 is 0. The molecule has 0 bridgehead atoms. The molecule has 0 radical (unpaired) electrons. The molecule has 0 saturated heterocycles. The van der Waals surface area contributed by atoms with Gasteiger partial charge in [-0.25, -0.2) is 13.4 Å². The number of anilines is 1. The first-order valence-corrected chi connectivity index (χ1v) is 12.8. The molecule has 2 heterocycles. The second-order valence-corrected chi connectivity index (χ2v) is 9.66. The van der Waals surface area contributed by atoms with E-state index in [1.54, 1.807) is 20.0 Å². The van der Waals surface area contributed by atoms with Gasteiger partial charge in [-0.1, -0.05) is 19.9 Å². The molecular weight excluding hydrogens is 454 g/mol. The monoisotopic (exact) mass is 485 g/mol. The highest BCUT2D eigenvalue weighted by atomic mass is 32.2. The van der Waals surface area contributed by atoms with E-state index in [-0.39, 0.29) is 17.0 Å². The fourth-order valence-electron chi connectivity index (χ4n) is 3.83. The third kappa shape index (κ3) is 5.28. The van der Waals surface area contributed by atoms with Crippen LogP contribution < -0.4 is 15.8 Å². The van der Waals surface area contributed by atoms with Gasteiger partial charge in [-0.05, 0) is 43.7 Å². The van der Waals surface area contributed by atoms with Gasteiger partial charge in [0, 0.05) is 55.9 Å². The van der Waals surface area contributed by atoms with E-state index in [9.17, 15) is 18.0 Å². The molecule has 2 aromatic heterocycles. The molecule has 34 heavy (non-hydrogen) atoms. The van der Waals surface area contributed by atoms with Crippen molar-refractivity contribution < 1.29 is 13.2 Å². The third-order valence-electron chi connectivity index (χ3n) is 5.75. The molecule has 0 atom stereocenters. The van der Waals surface area contributed by atoms with Crippen LogP contribution in [0.25, 0.3) is 10.9 Å². The predicted octanol–water partition coefficient (Wildman–Crippen LogP) is 2.73. The van der Waals surface area contributed by atoms with Crippen molar-refractivity contribution in [3.8, 4) is 0 Å². The van der Waals surface area contributed by atoms with Gasteiger partial charge in [0.2, 0.25) is 15.6 Å². The van der Waals surface area contributed by atoms with Crippen molar-refractivity contribution in [3.63, 3.8) is 0 Å². The minimum absolute atomic E-state index is 0.0704. The van der Waals surface area contributed by atoms with Crippen LogP contribution in [0.4, 0.5) is 5.82 Å². The molecule has 182 valence electrons. The fraction of sp³-hybridized carbons (Fsp3) is 0.375. The number of hydrogen-bond acceptors (Lipinski definition) is 6. The molecule has 9 nitrogen and oxygen atoms in total. The molecule has 10 heteroatoms. The average Bonchev–Trinajstić information content (AvgIpc) is 2.83. The number of amides is 1. The van der Waals surface area contributed by atoms with Crippen LogP contribution in [-0.2, 0) is 16.6 Å². The summed E-state index contributed by atoms with van der Waals surface area (Å²) in [7, 11) is -3.72. The summed E-state index contributed by atoms with van der Waals surface area (Å²) in [5.41, 5.74) is 0.870. The molecular formula is C24H31N5O4S. The molecule has 0 unspecified atom stereocenters. The Labute approximate surface area is 199 Å². The van der Waals surface area contributed by atoms with Crippen LogP contribution in [0, 0.1) is 0 Å². The van der Waals surface area contributed by atoms with Crippen molar-refractivity contribution in [1.29, 1.82) is 0 Å². The Morgan fingerprint density at radius 1 is 1.00 bits per heavy atom. The maximum absolute atomic E-state index is 13.0. The molecule has 1 amide bonds. The lowest BCUT2D eigenvalue weighted by Gasteiger charge is -2.19. The summed E-state index contributed by atoms with van der Waals surface area (Å²) < 4.78 is 27.3. The first-order chi connectivity index (χ1) is 16.2. The minimum Gasteiger partial charge on any atom is -0.357 e. The quantitative estimate of drug-likeness (QED) is 0.456. The van der Waals surface area contributed by atoms with Gasteiger partial charge in [-0.3, -0.25) is 9.59 Å². The van der Waals surface area contributed by atoms with Crippen LogP contribution in [0.3, 0.4) is 0 Å². The number of benzene rings is 1. The summed E-state index contributed by atoms with van der Waals surface area (Å²) in [6, 6.07) is 9.38. The number of rotatable bonds is 10. The summed E-state index contributed by atoms with van der Waals surface area (Å²) in [6.45, 7) is 10.2. The second-order valence-electron chi connectivity index (χ2n) is 7.72. The van der Waals surface area contributed by atoms with Crippen molar-refractivity contribution in [2.24, 2.45) is 0 Å². The molecule has 1 aromatic carbocycles. The lowest BCUT2D eigenvalue weighted by atomic mass is 10.1. The summed E-state index contributed by atoms with van der Waals surface area (Å²) in [6.07, 6.45) is 1.71. The Balaban J connectivity index is 1.89. The highest BCUT2D eigenvalue weighted by Crippen LogP contribution is 2.23. The number of H-pyrrole nitrogens is 1. The van der Waals surface area contributed by atoms with Gasteiger partial charge in [0.1, 0.15) is 5.82 Å². The van der Waals surface area contributed by atoms with E-state index in [1.165, 1.54) is 28.6 Å². The number of pyridine rings is 2. The van der Waals surface area contributed by atoms with Crippen LogP contribution in [0.15, 0.2) is 52.3 Å². The lowest BCUT2D eigenvalue weighted by Crippen LogP contribution is -2.30. The van der Waals surface area contributed by atoms with E-state index in [1.807, 2.05) is 12.1 Å². The number of nitrogens with one attached hydrogen (secondary N) is 2. The zero-order chi connectivity index (χ0) is 24.9. The van der Waals surface area contributed by atoms with Crippen LogP contribution in [0.2, 0.25) is 0 Å². The molecule has 0 saturated carbocycles. The summed E-state index contributed by atoms with van der Waals surface area (Å²) in [5, 5.41) is 3.17. The number of hydrogen-bond donors (Lipinski definition) is 2. The molecule has 0 spiro atoms. The summed E-state index contributed by atoms with van der Waals surface area (Å²) in [4.78, 5) is 34.5. The smallest absolute Gasteiger partial charge is 0.252 e. The van der Waals surface area contributed by atoms with Gasteiger partial charge in [-0.2, -0.15) is 4.31 Å².